The summed E-state index contributed by atoms with van der Waals surface area (Å²) in [5.74, 6) is 1.86. The van der Waals surface area contributed by atoms with Gasteiger partial charge < -0.3 is 10.2 Å². The number of phenols is 2. The maximum atomic E-state index is 10.3. The Morgan fingerprint density at radius 3 is 0.829 bits per heavy atom. The van der Waals surface area contributed by atoms with Gasteiger partial charge in [0, 0.05) is 0 Å². The molecule has 0 unspecified atom stereocenters. The summed E-state index contributed by atoms with van der Waals surface area (Å²) in [5.41, 5.74) is 4.06. The van der Waals surface area contributed by atoms with Gasteiger partial charge in [0.2, 0.25) is 16.3 Å². The van der Waals surface area contributed by atoms with Crippen LogP contribution in [0.25, 0.3) is 0 Å². The van der Waals surface area contributed by atoms with E-state index in [9.17, 15) is 10.2 Å². The molecule has 0 aliphatic heterocycles. The number of benzene rings is 2. The van der Waals surface area contributed by atoms with Crippen molar-refractivity contribution in [2.45, 2.75) is 124 Å². The first-order chi connectivity index (χ1) is 15.5. The Hall–Kier alpha value is -1.43. The molecule has 2 aromatic rings. The number of hydrogen-bond donors (Lipinski definition) is 2. The van der Waals surface area contributed by atoms with Crippen molar-refractivity contribution in [1.29, 1.82) is 0 Å². The molecule has 0 aliphatic rings. The van der Waals surface area contributed by atoms with Crippen molar-refractivity contribution in [1.82, 2.24) is 0 Å². The van der Waals surface area contributed by atoms with Crippen molar-refractivity contribution in [3.8, 4) is 11.5 Å². The van der Waals surface area contributed by atoms with Gasteiger partial charge in [0.1, 0.15) is 11.5 Å². The van der Waals surface area contributed by atoms with Crippen LogP contribution in [0.2, 0.25) is 5.28 Å². The zero-order valence-corrected chi connectivity index (χ0v) is 27.6. The number of aromatic hydroxyl groups is 2. The van der Waals surface area contributed by atoms with E-state index in [1.54, 1.807) is 0 Å². The van der Waals surface area contributed by atoms with E-state index in [0.29, 0.717) is 11.5 Å². The van der Waals surface area contributed by atoms with E-state index in [1.165, 1.54) is 21.6 Å². The number of hydrogen-bond acceptors (Lipinski definition) is 2. The maximum Gasteiger partial charge on any atom is 0.212 e. The zero-order chi connectivity index (χ0) is 28.0. The van der Waals surface area contributed by atoms with Crippen LogP contribution in [0.5, 0.6) is 11.5 Å². The van der Waals surface area contributed by atoms with Gasteiger partial charge in [-0.25, -0.2) is 0 Å². The predicted molar refractivity (Wildman–Crippen MR) is 159 cm³/mol. The highest BCUT2D eigenvalue weighted by Crippen LogP contribution is 2.39. The third-order valence-corrected chi connectivity index (χ3v) is 7.75. The Morgan fingerprint density at radius 1 is 0.543 bits per heavy atom. The van der Waals surface area contributed by atoms with Crippen LogP contribution in [0.3, 0.4) is 0 Å². The molecule has 2 rings (SSSR count). The second kappa shape index (κ2) is 12.7. The lowest BCUT2D eigenvalue weighted by atomic mass is 9.79. The molecule has 0 saturated carbocycles. The molecule has 0 heterocycles. The molecular weight excluding hydrogens is 443 g/mol. The lowest BCUT2D eigenvalue weighted by Crippen LogP contribution is -2.16. The Morgan fingerprint density at radius 2 is 0.714 bits per heavy atom. The molecule has 2 nitrogen and oxygen atoms in total. The molecule has 2 aromatic carbocycles. The molecule has 0 radical (unpaired) electrons. The first-order valence-corrected chi connectivity index (χ1v) is 14.6. The van der Waals surface area contributed by atoms with Crippen LogP contribution in [0.15, 0.2) is 36.4 Å². The fourth-order valence-electron chi connectivity index (χ4n) is 3.51. The van der Waals surface area contributed by atoms with E-state index >= 15 is 0 Å². The smallest absolute Gasteiger partial charge is 0.212 e. The molecule has 0 aliphatic carbocycles. The summed E-state index contributed by atoms with van der Waals surface area (Å²) in [4.78, 5) is 0. The van der Waals surface area contributed by atoms with Crippen LogP contribution in [0.4, 0.5) is 0 Å². The molecular formula is C32H55AlO2. The van der Waals surface area contributed by atoms with Crippen molar-refractivity contribution >= 4 is 16.3 Å². The van der Waals surface area contributed by atoms with Gasteiger partial charge in [-0.15, -0.1) is 0 Å². The van der Waals surface area contributed by atoms with Gasteiger partial charge in [0.05, 0.1) is 0 Å². The number of para-hydroxylation sites is 2. The van der Waals surface area contributed by atoms with Crippen molar-refractivity contribution in [2.75, 3.05) is 0 Å². The van der Waals surface area contributed by atoms with Crippen LogP contribution < -0.4 is 0 Å². The van der Waals surface area contributed by atoms with Gasteiger partial charge in [0.15, 0.2) is 0 Å². The van der Waals surface area contributed by atoms with E-state index in [4.69, 9.17) is 0 Å². The molecule has 0 spiro atoms. The van der Waals surface area contributed by atoms with Gasteiger partial charge in [-0.05, 0) is 43.9 Å². The minimum Gasteiger partial charge on any atom is -0.507 e. The summed E-state index contributed by atoms with van der Waals surface area (Å²) < 4.78 is 0. The average Bonchev–Trinajstić information content (AvgIpc) is 2.65. The maximum absolute atomic E-state index is 10.3. The molecule has 3 heteroatoms. The summed E-state index contributed by atoms with van der Waals surface area (Å²) in [6.07, 6.45) is 0. The average molecular weight is 499 g/mol. The lowest BCUT2D eigenvalue weighted by molar-refractivity contribution is 0.422. The number of rotatable bonds is 1. The molecule has 35 heavy (non-hydrogen) atoms. The third-order valence-electron chi connectivity index (χ3n) is 6.12. The summed E-state index contributed by atoms with van der Waals surface area (Å²) >= 11 is 1.37. The highest BCUT2D eigenvalue weighted by Gasteiger charge is 2.25. The van der Waals surface area contributed by atoms with Gasteiger partial charge in [0.25, 0.3) is 0 Å². The molecule has 2 N–H and O–H groups in total. The minimum absolute atomic E-state index is 0.00859. The van der Waals surface area contributed by atoms with Crippen LogP contribution in [-0.4, -0.2) is 26.5 Å². The lowest BCUT2D eigenvalue weighted by Gasteiger charge is -2.26. The Bertz CT molecular complexity index is 777. The normalized spacial score (nSPS) is 12.4. The van der Waals surface area contributed by atoms with E-state index in [0.717, 1.165) is 28.2 Å². The van der Waals surface area contributed by atoms with Crippen molar-refractivity contribution < 1.29 is 10.2 Å². The Kier molecular flexibility index (Phi) is 12.2. The van der Waals surface area contributed by atoms with Crippen LogP contribution in [0, 0.1) is 5.92 Å². The first-order valence-electron chi connectivity index (χ1n) is 13.2. The second-order valence-electron chi connectivity index (χ2n) is 14.2. The van der Waals surface area contributed by atoms with E-state index in [-0.39, 0.29) is 21.7 Å². The molecule has 0 saturated heterocycles. The molecule has 0 fully saturated rings. The van der Waals surface area contributed by atoms with Gasteiger partial charge >= 0.3 is 0 Å². The quantitative estimate of drug-likeness (QED) is 0.386. The van der Waals surface area contributed by atoms with Crippen molar-refractivity contribution in [3.05, 3.63) is 58.7 Å². The Labute approximate surface area is 226 Å². The van der Waals surface area contributed by atoms with Gasteiger partial charge in [-0.1, -0.05) is 145 Å². The molecule has 198 valence electrons. The topological polar surface area (TPSA) is 40.5 Å². The fourth-order valence-corrected chi connectivity index (χ4v) is 3.51. The highest BCUT2D eigenvalue weighted by molar-refractivity contribution is 6.08. The second-order valence-corrected chi connectivity index (χ2v) is 15.0. The van der Waals surface area contributed by atoms with Crippen LogP contribution >= 0.6 is 0 Å². The van der Waals surface area contributed by atoms with Crippen LogP contribution in [-0.2, 0) is 21.7 Å². The third kappa shape index (κ3) is 11.0. The summed E-state index contributed by atoms with van der Waals surface area (Å²) in [6, 6.07) is 12.1. The van der Waals surface area contributed by atoms with E-state index < -0.39 is 0 Å². The van der Waals surface area contributed by atoms with E-state index in [2.05, 4.69) is 96.9 Å². The van der Waals surface area contributed by atoms with E-state index in [1.807, 2.05) is 36.4 Å². The summed E-state index contributed by atoms with van der Waals surface area (Å²) in [6.45, 7) is 29.9. The first kappa shape index (κ1) is 33.6. The number of phenolic OH excluding ortho intramolecular Hbond substituents is 2. The predicted octanol–water partition coefficient (Wildman–Crippen LogP) is 8.67. The molecule has 0 aromatic heterocycles. The SMILES string of the molecule is CC(C)(C)c1cccc(C(C)(C)C)c1O.CC(C)(C)c1cccc(C(C)(C)C)c1O.CC(C)[CH2][AlH2]. The van der Waals surface area contributed by atoms with Gasteiger partial charge in [-0.2, -0.15) is 0 Å². The molecule has 0 atom stereocenters. The minimum atomic E-state index is -0.00859. The van der Waals surface area contributed by atoms with Gasteiger partial charge in [-0.3, -0.25) is 0 Å². The molecule has 0 bridgehead atoms. The summed E-state index contributed by atoms with van der Waals surface area (Å²) in [7, 11) is 0. The monoisotopic (exact) mass is 498 g/mol. The Balaban J connectivity index is 0.000000555. The van der Waals surface area contributed by atoms with Crippen LogP contribution in [0.1, 0.15) is 119 Å². The molecule has 0 amide bonds. The zero-order valence-electron chi connectivity index (χ0n) is 25.6. The van der Waals surface area contributed by atoms with Crippen molar-refractivity contribution in [2.24, 2.45) is 5.92 Å². The summed E-state index contributed by atoms with van der Waals surface area (Å²) in [5, 5.41) is 22.0. The highest BCUT2D eigenvalue weighted by atomic mass is 27.0. The largest absolute Gasteiger partial charge is 0.507 e. The van der Waals surface area contributed by atoms with Crippen molar-refractivity contribution in [3.63, 3.8) is 0 Å². The standard InChI is InChI=1S/2C14H22O.C4H9.Al.2H/c2*1-13(2,3)10-8-7-9-11(12(10)15)14(4,5)6;1-4(2)3;;;/h2*7-9,15H,1-6H3;4H,1H2,2-3H3;;;. The fraction of sp³-hybridized carbons (Fsp3) is 0.625.